The van der Waals surface area contributed by atoms with Gasteiger partial charge in [0.2, 0.25) is 0 Å². The molecule has 0 amide bonds. The second-order valence-corrected chi connectivity index (χ2v) is 4.25. The first-order valence-electron chi connectivity index (χ1n) is 4.57. The van der Waals surface area contributed by atoms with Crippen molar-refractivity contribution in [2.24, 2.45) is 0 Å². The summed E-state index contributed by atoms with van der Waals surface area (Å²) in [7, 11) is 1.29. The van der Waals surface area contributed by atoms with Gasteiger partial charge in [-0.15, -0.1) is 0 Å². The first-order chi connectivity index (χ1) is 7.60. The van der Waals surface area contributed by atoms with Crippen LogP contribution in [-0.2, 0) is 4.74 Å². The Balaban J connectivity index is 3.08. The molecule has 0 aliphatic heterocycles. The van der Waals surface area contributed by atoms with Gasteiger partial charge in [-0.05, 0) is 18.2 Å². The van der Waals surface area contributed by atoms with Gasteiger partial charge in [0.1, 0.15) is 0 Å². The lowest BCUT2D eigenvalue weighted by atomic mass is 10.1. The summed E-state index contributed by atoms with van der Waals surface area (Å²) in [5, 5.41) is 0.906. The Morgan fingerprint density at radius 1 is 1.44 bits per heavy atom. The van der Waals surface area contributed by atoms with Crippen LogP contribution in [-0.4, -0.2) is 24.2 Å². The zero-order chi connectivity index (χ0) is 12.1. The third-order valence-corrected chi connectivity index (χ3v) is 2.74. The Kier molecular flexibility index (Phi) is 4.96. The van der Waals surface area contributed by atoms with E-state index >= 15 is 0 Å². The molecule has 16 heavy (non-hydrogen) atoms. The molecule has 3 nitrogen and oxygen atoms in total. The number of ketones is 1. The van der Waals surface area contributed by atoms with Crippen molar-refractivity contribution < 1.29 is 14.3 Å². The second-order valence-electron chi connectivity index (χ2n) is 3.05. The predicted molar refractivity (Wildman–Crippen MR) is 65.5 cm³/mol. The highest BCUT2D eigenvalue weighted by molar-refractivity contribution is 9.09. The van der Waals surface area contributed by atoms with E-state index in [0.29, 0.717) is 27.9 Å². The molecule has 0 bridgehead atoms. The molecular formula is C11H10BrClO3. The molecule has 0 saturated heterocycles. The molecule has 0 spiro atoms. The Bertz CT molecular complexity index is 418. The summed E-state index contributed by atoms with van der Waals surface area (Å²) < 4.78 is 4.57. The molecule has 1 rings (SSSR count). The summed E-state index contributed by atoms with van der Waals surface area (Å²) >= 11 is 9.06. The molecule has 0 atom stereocenters. The molecular weight excluding hydrogens is 295 g/mol. The molecule has 0 unspecified atom stereocenters. The SMILES string of the molecule is COC(=O)c1ccc(Cl)c(C(=O)CCBr)c1. The minimum atomic E-state index is -0.482. The number of Topliss-reactive ketones (excluding diaryl/α,β-unsaturated/α-hetero) is 1. The van der Waals surface area contributed by atoms with Crippen LogP contribution < -0.4 is 0 Å². The number of hydrogen-bond acceptors (Lipinski definition) is 3. The largest absolute Gasteiger partial charge is 0.465 e. The molecule has 5 heteroatoms. The van der Waals surface area contributed by atoms with Gasteiger partial charge in [-0.2, -0.15) is 0 Å². The van der Waals surface area contributed by atoms with Crippen LogP contribution in [0, 0.1) is 0 Å². The number of alkyl halides is 1. The van der Waals surface area contributed by atoms with Crippen LogP contribution in [0.25, 0.3) is 0 Å². The number of carbonyl (C=O) groups is 2. The lowest BCUT2D eigenvalue weighted by Crippen LogP contribution is -2.06. The molecule has 0 saturated carbocycles. The van der Waals surface area contributed by atoms with Gasteiger partial charge in [-0.3, -0.25) is 4.79 Å². The van der Waals surface area contributed by atoms with Crippen molar-refractivity contribution in [3.05, 3.63) is 34.3 Å². The van der Waals surface area contributed by atoms with Crippen molar-refractivity contribution >= 4 is 39.3 Å². The lowest BCUT2D eigenvalue weighted by Gasteiger charge is -2.05. The monoisotopic (exact) mass is 304 g/mol. The molecule has 0 fully saturated rings. The summed E-state index contributed by atoms with van der Waals surface area (Å²) in [4.78, 5) is 22.9. The number of benzene rings is 1. The average Bonchev–Trinajstić information content (AvgIpc) is 2.29. The molecule has 0 aromatic heterocycles. The molecule has 0 aliphatic carbocycles. The van der Waals surface area contributed by atoms with Crippen molar-refractivity contribution in [1.82, 2.24) is 0 Å². The smallest absolute Gasteiger partial charge is 0.337 e. The fraction of sp³-hybridized carbons (Fsp3) is 0.273. The minimum Gasteiger partial charge on any atom is -0.465 e. The normalized spacial score (nSPS) is 9.94. The van der Waals surface area contributed by atoms with E-state index in [1.165, 1.54) is 25.3 Å². The van der Waals surface area contributed by atoms with Crippen LogP contribution >= 0.6 is 27.5 Å². The molecule has 0 N–H and O–H groups in total. The van der Waals surface area contributed by atoms with Crippen molar-refractivity contribution in [2.75, 3.05) is 12.4 Å². The molecule has 1 aromatic carbocycles. The molecule has 86 valence electrons. The predicted octanol–water partition coefficient (Wildman–Crippen LogP) is 3.09. The third-order valence-electron chi connectivity index (χ3n) is 2.01. The van der Waals surface area contributed by atoms with Crippen LogP contribution in [0.4, 0.5) is 0 Å². The van der Waals surface area contributed by atoms with E-state index in [4.69, 9.17) is 11.6 Å². The molecule has 1 aromatic rings. The maximum Gasteiger partial charge on any atom is 0.337 e. The summed E-state index contributed by atoms with van der Waals surface area (Å²) in [6.45, 7) is 0. The minimum absolute atomic E-state index is 0.104. The third kappa shape index (κ3) is 3.06. The molecule has 0 radical (unpaired) electrons. The number of methoxy groups -OCH3 is 1. The van der Waals surface area contributed by atoms with E-state index in [1.54, 1.807) is 0 Å². The van der Waals surface area contributed by atoms with E-state index in [9.17, 15) is 9.59 Å². The number of rotatable bonds is 4. The van der Waals surface area contributed by atoms with Crippen LogP contribution in [0.3, 0.4) is 0 Å². The Morgan fingerprint density at radius 2 is 2.12 bits per heavy atom. The fourth-order valence-corrected chi connectivity index (χ4v) is 1.79. The van der Waals surface area contributed by atoms with Gasteiger partial charge in [0, 0.05) is 17.3 Å². The standard InChI is InChI=1S/C11H10BrClO3/c1-16-11(15)7-2-3-9(13)8(6-7)10(14)4-5-12/h2-3,6H,4-5H2,1H3. The summed E-state index contributed by atoms with van der Waals surface area (Å²) in [6.07, 6.45) is 0.338. The van der Waals surface area contributed by atoms with Gasteiger partial charge in [0.15, 0.2) is 5.78 Å². The van der Waals surface area contributed by atoms with Crippen molar-refractivity contribution in [1.29, 1.82) is 0 Å². The highest BCUT2D eigenvalue weighted by Gasteiger charge is 2.13. The molecule has 0 aliphatic rings. The Labute approximate surface area is 107 Å². The van der Waals surface area contributed by atoms with Gasteiger partial charge < -0.3 is 4.74 Å². The van der Waals surface area contributed by atoms with Gasteiger partial charge in [-0.25, -0.2) is 4.79 Å². The number of halogens is 2. The van der Waals surface area contributed by atoms with Crippen LogP contribution in [0.15, 0.2) is 18.2 Å². The second kappa shape index (κ2) is 6.01. The van der Waals surface area contributed by atoms with Crippen LogP contribution in [0.1, 0.15) is 27.1 Å². The Morgan fingerprint density at radius 3 is 2.69 bits per heavy atom. The fourth-order valence-electron chi connectivity index (χ4n) is 1.20. The maximum atomic E-state index is 11.7. The van der Waals surface area contributed by atoms with E-state index in [2.05, 4.69) is 20.7 Å². The highest BCUT2D eigenvalue weighted by Crippen LogP contribution is 2.20. The average molecular weight is 306 g/mol. The van der Waals surface area contributed by atoms with Crippen molar-refractivity contribution in [3.63, 3.8) is 0 Å². The molecule has 0 heterocycles. The van der Waals surface area contributed by atoms with Crippen molar-refractivity contribution in [3.8, 4) is 0 Å². The zero-order valence-corrected chi connectivity index (χ0v) is 11.0. The topological polar surface area (TPSA) is 43.4 Å². The maximum absolute atomic E-state index is 11.7. The van der Waals surface area contributed by atoms with Gasteiger partial charge in [0.05, 0.1) is 17.7 Å². The lowest BCUT2D eigenvalue weighted by molar-refractivity contribution is 0.0600. The first-order valence-corrected chi connectivity index (χ1v) is 6.07. The summed E-state index contributed by atoms with van der Waals surface area (Å²) in [5.74, 6) is -0.586. The number of hydrogen-bond donors (Lipinski definition) is 0. The number of ether oxygens (including phenoxy) is 1. The van der Waals surface area contributed by atoms with Gasteiger partial charge in [-0.1, -0.05) is 27.5 Å². The van der Waals surface area contributed by atoms with E-state index in [1.807, 2.05) is 0 Å². The highest BCUT2D eigenvalue weighted by atomic mass is 79.9. The Hall–Kier alpha value is -0.870. The first kappa shape index (κ1) is 13.2. The quantitative estimate of drug-likeness (QED) is 0.488. The van der Waals surface area contributed by atoms with E-state index in [0.717, 1.165) is 0 Å². The van der Waals surface area contributed by atoms with Crippen LogP contribution in [0.5, 0.6) is 0 Å². The summed E-state index contributed by atoms with van der Waals surface area (Å²) in [5.41, 5.74) is 0.675. The summed E-state index contributed by atoms with van der Waals surface area (Å²) in [6, 6.07) is 4.51. The van der Waals surface area contributed by atoms with E-state index < -0.39 is 5.97 Å². The van der Waals surface area contributed by atoms with Crippen molar-refractivity contribution in [2.45, 2.75) is 6.42 Å². The van der Waals surface area contributed by atoms with E-state index in [-0.39, 0.29) is 5.78 Å². The number of esters is 1. The van der Waals surface area contributed by atoms with Gasteiger partial charge in [0.25, 0.3) is 0 Å². The zero-order valence-electron chi connectivity index (χ0n) is 8.63. The number of carbonyl (C=O) groups excluding carboxylic acids is 2. The van der Waals surface area contributed by atoms with Gasteiger partial charge >= 0.3 is 5.97 Å². The van der Waals surface area contributed by atoms with Crippen LogP contribution in [0.2, 0.25) is 5.02 Å².